The third-order valence-corrected chi connectivity index (χ3v) is 8.06. The van der Waals surface area contributed by atoms with Gasteiger partial charge in [0.05, 0.1) is 28.1 Å². The lowest BCUT2D eigenvalue weighted by molar-refractivity contribution is -0.394. The fourth-order valence-corrected chi connectivity index (χ4v) is 5.90. The number of nitro groups is 2. The maximum absolute atomic E-state index is 14.6. The average Bonchev–Trinajstić information content (AvgIpc) is 3.00. The minimum absolute atomic E-state index is 0.00982. The molecule has 16 heteroatoms. The molecule has 2 atom stereocenters. The zero-order chi connectivity index (χ0) is 34.6. The molecule has 0 aliphatic carbocycles. The Balaban J connectivity index is 1.98. The second-order valence-corrected chi connectivity index (χ2v) is 12.7. The number of nitro benzene ring substituents is 2. The minimum Gasteiger partial charge on any atom is -0.462 e. The number of carbonyl (C=O) groups is 2. The molecule has 0 fully saturated rings. The summed E-state index contributed by atoms with van der Waals surface area (Å²) in [7, 11) is -4.51. The summed E-state index contributed by atoms with van der Waals surface area (Å²) < 4.78 is 36.5. The van der Waals surface area contributed by atoms with Crippen molar-refractivity contribution in [3.05, 3.63) is 110 Å². The molecule has 15 nitrogen and oxygen atoms in total. The molecule has 0 unspecified atom stereocenters. The van der Waals surface area contributed by atoms with E-state index in [2.05, 4.69) is 10.2 Å². The van der Waals surface area contributed by atoms with Crippen molar-refractivity contribution in [1.29, 1.82) is 0 Å². The van der Waals surface area contributed by atoms with Crippen molar-refractivity contribution in [2.24, 2.45) is 0 Å². The fraction of sp³-hybridized carbons (Fsp3) is 0.355. The van der Waals surface area contributed by atoms with E-state index in [1.807, 2.05) is 0 Å². The minimum atomic E-state index is -4.51. The third kappa shape index (κ3) is 11.9. The van der Waals surface area contributed by atoms with Crippen molar-refractivity contribution in [2.75, 3.05) is 6.79 Å². The van der Waals surface area contributed by atoms with E-state index in [4.69, 9.17) is 18.7 Å². The molecule has 0 saturated heterocycles. The number of benzene rings is 3. The van der Waals surface area contributed by atoms with Gasteiger partial charge in [-0.05, 0) is 57.7 Å². The Morgan fingerprint density at radius 2 is 1.21 bits per heavy atom. The predicted molar refractivity (Wildman–Crippen MR) is 171 cm³/mol. The first-order valence-electron chi connectivity index (χ1n) is 14.6. The first-order chi connectivity index (χ1) is 22.3. The van der Waals surface area contributed by atoms with Gasteiger partial charge in [-0.3, -0.25) is 38.9 Å². The molecule has 252 valence electrons. The summed E-state index contributed by atoms with van der Waals surface area (Å²) in [4.78, 5) is 47.6. The Hall–Kier alpha value is -4.69. The third-order valence-electron chi connectivity index (χ3n) is 6.29. The molecular weight excluding hydrogens is 635 g/mol. The van der Waals surface area contributed by atoms with E-state index in [0.29, 0.717) is 17.2 Å². The number of rotatable bonds is 18. The Morgan fingerprint density at radius 3 is 1.62 bits per heavy atom. The van der Waals surface area contributed by atoms with Crippen LogP contribution < -0.4 is 14.9 Å². The lowest BCUT2D eigenvalue weighted by Gasteiger charge is -2.29. The van der Waals surface area contributed by atoms with Crippen LogP contribution >= 0.6 is 7.67 Å². The Bertz CT molecular complexity index is 1500. The molecule has 0 amide bonds. The monoisotopic (exact) mass is 672 g/mol. The van der Waals surface area contributed by atoms with Crippen LogP contribution in [0.2, 0.25) is 0 Å². The van der Waals surface area contributed by atoms with Gasteiger partial charge in [0.2, 0.25) is 0 Å². The smallest absolute Gasteiger partial charge is 0.345 e. The number of ether oxygens (including phenoxy) is 3. The molecule has 0 spiro atoms. The summed E-state index contributed by atoms with van der Waals surface area (Å²) in [6.45, 7) is 5.69. The molecule has 2 N–H and O–H groups in total. The highest BCUT2D eigenvalue weighted by atomic mass is 31.2. The normalized spacial score (nSPS) is 12.7. The van der Waals surface area contributed by atoms with Gasteiger partial charge in [0.15, 0.2) is 12.5 Å². The molecule has 3 aromatic rings. The van der Waals surface area contributed by atoms with E-state index in [1.165, 1.54) is 0 Å². The van der Waals surface area contributed by atoms with Crippen LogP contribution in [0.4, 0.5) is 11.4 Å². The van der Waals surface area contributed by atoms with Gasteiger partial charge < -0.3 is 14.2 Å². The first kappa shape index (κ1) is 36.8. The van der Waals surface area contributed by atoms with Crippen LogP contribution in [0.1, 0.15) is 38.8 Å². The van der Waals surface area contributed by atoms with E-state index >= 15 is 0 Å². The number of hydrogen-bond acceptors (Lipinski definition) is 11. The Morgan fingerprint density at radius 1 is 0.745 bits per heavy atom. The number of nitrogens with zero attached hydrogens (tertiary/aromatic N) is 2. The summed E-state index contributed by atoms with van der Waals surface area (Å²) in [5, 5.41) is 28.1. The van der Waals surface area contributed by atoms with Crippen molar-refractivity contribution < 1.29 is 42.7 Å². The largest absolute Gasteiger partial charge is 0.462 e. The Kier molecular flexibility index (Phi) is 13.5. The van der Waals surface area contributed by atoms with E-state index in [-0.39, 0.29) is 12.8 Å². The molecular formula is C31H37N4O11P. The van der Waals surface area contributed by atoms with Crippen LogP contribution in [0.3, 0.4) is 0 Å². The van der Waals surface area contributed by atoms with Crippen LogP contribution in [0.25, 0.3) is 0 Å². The number of nitrogens with one attached hydrogen (secondary N) is 2. The first-order valence-corrected chi connectivity index (χ1v) is 16.2. The topological polar surface area (TPSA) is 198 Å². The zero-order valence-electron chi connectivity index (χ0n) is 26.3. The second kappa shape index (κ2) is 17.3. The Labute approximate surface area is 271 Å². The van der Waals surface area contributed by atoms with E-state index in [0.717, 1.165) is 12.1 Å². The molecule has 47 heavy (non-hydrogen) atoms. The summed E-state index contributed by atoms with van der Waals surface area (Å²) in [6.07, 6.45) is -1.02. The van der Waals surface area contributed by atoms with Gasteiger partial charge in [-0.25, -0.2) is 10.2 Å². The number of non-ortho nitro benzene ring substituents is 1. The molecule has 0 bridgehead atoms. The number of esters is 2. The van der Waals surface area contributed by atoms with Crippen LogP contribution in [0.15, 0.2) is 78.9 Å². The SMILES string of the molecule is CC(C)OC(=O)[C@H](Cc1ccccc1)NP(=O)(N[C@@H](Cc1ccccc1)C(=O)OC(C)C)OCOc1ccc([N+](=O)[O-])cc1[N+](=O)[O-]. The summed E-state index contributed by atoms with van der Waals surface area (Å²) >= 11 is 0. The van der Waals surface area contributed by atoms with Crippen LogP contribution in [0.5, 0.6) is 5.75 Å². The molecule has 0 heterocycles. The molecule has 3 rings (SSSR count). The fourth-order valence-electron chi connectivity index (χ4n) is 4.26. The van der Waals surface area contributed by atoms with Crippen molar-refractivity contribution in [2.45, 2.75) is 64.8 Å². The second-order valence-electron chi connectivity index (χ2n) is 10.8. The maximum Gasteiger partial charge on any atom is 0.345 e. The molecule has 0 radical (unpaired) electrons. The zero-order valence-corrected chi connectivity index (χ0v) is 27.2. The lowest BCUT2D eigenvalue weighted by atomic mass is 10.1. The van der Waals surface area contributed by atoms with Gasteiger partial charge in [-0.15, -0.1) is 0 Å². The van der Waals surface area contributed by atoms with Crippen molar-refractivity contribution >= 4 is 31.0 Å². The van der Waals surface area contributed by atoms with Crippen molar-refractivity contribution in [3.8, 4) is 5.75 Å². The standard InChI is InChI=1S/C31H37N4O11P/c1-21(2)45-30(36)26(17-23-11-7-5-8-12-23)32-47(42,33-27(31(37)46-22(3)4)18-24-13-9-6-10-14-24)44-20-43-29-16-15-25(34(38)39)19-28(29)35(40)41/h5-16,19,21-22,26-27H,17-18,20H2,1-4H3,(H2,32,33,42)/t26-,27-/m0/s1. The van der Waals surface area contributed by atoms with Gasteiger partial charge in [0, 0.05) is 6.07 Å². The summed E-state index contributed by atoms with van der Waals surface area (Å²) in [6, 6.07) is 17.8. The molecule has 0 aromatic heterocycles. The van der Waals surface area contributed by atoms with Crippen molar-refractivity contribution in [1.82, 2.24) is 10.2 Å². The number of hydrogen-bond donors (Lipinski definition) is 2. The number of carbonyl (C=O) groups excluding carboxylic acids is 2. The lowest BCUT2D eigenvalue weighted by Crippen LogP contribution is -2.47. The highest BCUT2D eigenvalue weighted by Crippen LogP contribution is 2.41. The average molecular weight is 673 g/mol. The molecule has 0 saturated carbocycles. The van der Waals surface area contributed by atoms with Gasteiger partial charge in [0.1, 0.15) is 12.1 Å². The van der Waals surface area contributed by atoms with Crippen LogP contribution in [-0.2, 0) is 41.0 Å². The maximum atomic E-state index is 14.6. The van der Waals surface area contributed by atoms with Gasteiger partial charge in [-0.2, -0.15) is 0 Å². The van der Waals surface area contributed by atoms with E-state index in [9.17, 15) is 34.4 Å². The quantitative estimate of drug-likeness (QED) is 0.0583. The van der Waals surface area contributed by atoms with Crippen LogP contribution in [-0.4, -0.2) is 52.9 Å². The molecule has 3 aromatic carbocycles. The highest BCUT2D eigenvalue weighted by molar-refractivity contribution is 7.54. The van der Waals surface area contributed by atoms with Crippen molar-refractivity contribution in [3.63, 3.8) is 0 Å². The van der Waals surface area contributed by atoms with Gasteiger partial charge in [-0.1, -0.05) is 60.7 Å². The van der Waals surface area contributed by atoms with Crippen LogP contribution in [0, 0.1) is 20.2 Å². The summed E-state index contributed by atoms with van der Waals surface area (Å²) in [5.41, 5.74) is 0.104. The highest BCUT2D eigenvalue weighted by Gasteiger charge is 2.37. The predicted octanol–water partition coefficient (Wildman–Crippen LogP) is 5.27. The van der Waals surface area contributed by atoms with Gasteiger partial charge >= 0.3 is 25.3 Å². The molecule has 0 aliphatic rings. The van der Waals surface area contributed by atoms with Gasteiger partial charge in [0.25, 0.3) is 5.69 Å². The molecule has 0 aliphatic heterocycles. The van der Waals surface area contributed by atoms with E-state index in [1.54, 1.807) is 88.4 Å². The summed E-state index contributed by atoms with van der Waals surface area (Å²) in [5.74, 6) is -1.93. The van der Waals surface area contributed by atoms with E-state index < -0.39 is 77.7 Å².